The van der Waals surface area contributed by atoms with E-state index < -0.39 is 0 Å². The fraction of sp³-hybridized carbons (Fsp3) is 0. The summed E-state index contributed by atoms with van der Waals surface area (Å²) in [6, 6.07) is 9.40. The van der Waals surface area contributed by atoms with Crippen molar-refractivity contribution in [3.63, 3.8) is 0 Å². The highest BCUT2D eigenvalue weighted by Gasteiger charge is 2.03. The first-order chi connectivity index (χ1) is 6.90. The van der Waals surface area contributed by atoms with Crippen LogP contribution < -0.4 is 0 Å². The Kier molecular flexibility index (Phi) is 2.17. The summed E-state index contributed by atoms with van der Waals surface area (Å²) in [6.45, 7) is 0. The minimum absolute atomic E-state index is 0.242. The highest BCUT2D eigenvalue weighted by Crippen LogP contribution is 2.21. The van der Waals surface area contributed by atoms with Crippen LogP contribution in [0.3, 0.4) is 0 Å². The predicted molar refractivity (Wildman–Crippen MR) is 50.7 cm³/mol. The Bertz CT molecular complexity index is 471. The lowest BCUT2D eigenvalue weighted by atomic mass is 10.2. The van der Waals surface area contributed by atoms with Crippen LogP contribution in [0, 0.1) is 0 Å². The van der Waals surface area contributed by atoms with Crippen LogP contribution in [0.5, 0.6) is 0 Å². The largest absolute Gasteiger partial charge is 0.444 e. The summed E-state index contributed by atoms with van der Waals surface area (Å²) in [5.74, 6) is 0.694. The van der Waals surface area contributed by atoms with Crippen LogP contribution in [0.15, 0.2) is 46.1 Å². The molecule has 0 amide bonds. The van der Waals surface area contributed by atoms with E-state index in [1.54, 1.807) is 0 Å². The van der Waals surface area contributed by atoms with Crippen LogP contribution in [0.25, 0.3) is 21.9 Å². The van der Waals surface area contributed by atoms with Crippen LogP contribution in [0.4, 0.5) is 5.82 Å². The van der Waals surface area contributed by atoms with Crippen molar-refractivity contribution >= 4 is 5.82 Å². The van der Waals surface area contributed by atoms with Crippen LogP contribution >= 0.6 is 0 Å². The second kappa shape index (κ2) is 3.64. The van der Waals surface area contributed by atoms with Crippen molar-refractivity contribution in [1.82, 2.24) is 4.98 Å². The van der Waals surface area contributed by atoms with Gasteiger partial charge in [0.25, 0.3) is 0 Å². The van der Waals surface area contributed by atoms with Crippen LogP contribution in [-0.2, 0) is 0 Å². The molecule has 0 aliphatic carbocycles. The number of hydrogen-bond acceptors (Lipinski definition) is 3. The van der Waals surface area contributed by atoms with Gasteiger partial charge in [-0.1, -0.05) is 18.2 Å². The van der Waals surface area contributed by atoms with Crippen LogP contribution in [-0.4, -0.2) is 4.98 Å². The zero-order valence-electron chi connectivity index (χ0n) is 7.16. The summed E-state index contributed by atoms with van der Waals surface area (Å²) in [4.78, 5) is 6.60. The summed E-state index contributed by atoms with van der Waals surface area (Å²) in [5.41, 5.74) is 9.03. The molecule has 14 heavy (non-hydrogen) atoms. The molecule has 0 bridgehead atoms. The first-order valence-corrected chi connectivity index (χ1v) is 3.96. The SMILES string of the molecule is [N-]=[N+]=Nc1coc(-c2ccccc2)n1. The maximum atomic E-state index is 8.18. The molecule has 0 saturated heterocycles. The summed E-state index contributed by atoms with van der Waals surface area (Å²) < 4.78 is 5.13. The van der Waals surface area contributed by atoms with Gasteiger partial charge in [0.2, 0.25) is 5.89 Å². The highest BCUT2D eigenvalue weighted by atomic mass is 16.3. The second-order valence-corrected chi connectivity index (χ2v) is 2.57. The molecule has 0 atom stereocenters. The van der Waals surface area contributed by atoms with Gasteiger partial charge in [-0.25, -0.2) is 4.98 Å². The Morgan fingerprint density at radius 2 is 2.07 bits per heavy atom. The molecule has 68 valence electrons. The molecule has 5 heteroatoms. The van der Waals surface area contributed by atoms with E-state index in [-0.39, 0.29) is 5.82 Å². The second-order valence-electron chi connectivity index (χ2n) is 2.57. The van der Waals surface area contributed by atoms with E-state index in [0.29, 0.717) is 5.89 Å². The maximum Gasteiger partial charge on any atom is 0.226 e. The van der Waals surface area contributed by atoms with Crippen LogP contribution in [0.1, 0.15) is 0 Å². The number of rotatable bonds is 2. The smallest absolute Gasteiger partial charge is 0.226 e. The molecule has 0 radical (unpaired) electrons. The molecule has 0 aliphatic heterocycles. The molecule has 5 nitrogen and oxygen atoms in total. The first kappa shape index (κ1) is 8.34. The van der Waals surface area contributed by atoms with Gasteiger partial charge in [0.1, 0.15) is 6.26 Å². The Hall–Kier alpha value is -2.26. The van der Waals surface area contributed by atoms with Gasteiger partial charge in [-0.05, 0) is 22.8 Å². The molecule has 0 fully saturated rings. The van der Waals surface area contributed by atoms with E-state index in [0.717, 1.165) is 5.56 Å². The van der Waals surface area contributed by atoms with Gasteiger partial charge >= 0.3 is 0 Å². The normalized spacial score (nSPS) is 9.43. The number of hydrogen-bond donors (Lipinski definition) is 0. The van der Waals surface area contributed by atoms with E-state index >= 15 is 0 Å². The molecule has 1 aromatic carbocycles. The highest BCUT2D eigenvalue weighted by molar-refractivity contribution is 5.54. The number of nitrogens with zero attached hydrogens (tertiary/aromatic N) is 4. The van der Waals surface area contributed by atoms with E-state index in [9.17, 15) is 0 Å². The van der Waals surface area contributed by atoms with Gasteiger partial charge in [-0.2, -0.15) is 0 Å². The molecule has 0 aliphatic rings. The molecule has 1 aromatic heterocycles. The van der Waals surface area contributed by atoms with Gasteiger partial charge in [0, 0.05) is 10.5 Å². The lowest BCUT2D eigenvalue weighted by Crippen LogP contribution is -1.74. The first-order valence-electron chi connectivity index (χ1n) is 3.96. The number of oxazole rings is 1. The average Bonchev–Trinajstić information content (AvgIpc) is 2.68. The molecular weight excluding hydrogens is 180 g/mol. The summed E-state index contributed by atoms with van der Waals surface area (Å²) in [6.07, 6.45) is 1.32. The average molecular weight is 186 g/mol. The van der Waals surface area contributed by atoms with Gasteiger partial charge in [-0.15, -0.1) is 0 Å². The van der Waals surface area contributed by atoms with Crippen molar-refractivity contribution < 1.29 is 4.42 Å². The van der Waals surface area contributed by atoms with E-state index in [1.165, 1.54) is 6.26 Å². The van der Waals surface area contributed by atoms with Crippen molar-refractivity contribution in [3.05, 3.63) is 47.0 Å². The number of aromatic nitrogens is 1. The number of benzene rings is 1. The zero-order chi connectivity index (χ0) is 9.80. The monoisotopic (exact) mass is 186 g/mol. The third-order valence-electron chi connectivity index (χ3n) is 1.66. The number of azide groups is 1. The molecule has 1 heterocycles. The van der Waals surface area contributed by atoms with E-state index in [1.807, 2.05) is 30.3 Å². The van der Waals surface area contributed by atoms with Crippen molar-refractivity contribution in [2.45, 2.75) is 0 Å². The third-order valence-corrected chi connectivity index (χ3v) is 1.66. The van der Waals surface area contributed by atoms with Crippen molar-refractivity contribution in [2.75, 3.05) is 0 Å². The fourth-order valence-corrected chi connectivity index (χ4v) is 1.07. The van der Waals surface area contributed by atoms with Crippen molar-refractivity contribution in [1.29, 1.82) is 0 Å². The Morgan fingerprint density at radius 3 is 2.79 bits per heavy atom. The predicted octanol–water partition coefficient (Wildman–Crippen LogP) is 3.28. The van der Waals surface area contributed by atoms with Gasteiger partial charge in [0.05, 0.1) is 0 Å². The summed E-state index contributed by atoms with van der Waals surface area (Å²) in [7, 11) is 0. The van der Waals surface area contributed by atoms with E-state index in [2.05, 4.69) is 15.0 Å². The molecule has 0 unspecified atom stereocenters. The molecular formula is C9H6N4O. The minimum atomic E-state index is 0.242. The van der Waals surface area contributed by atoms with Gasteiger partial charge in [0.15, 0.2) is 5.82 Å². The third kappa shape index (κ3) is 1.57. The Morgan fingerprint density at radius 1 is 1.29 bits per heavy atom. The van der Waals surface area contributed by atoms with Crippen molar-refractivity contribution in [2.24, 2.45) is 5.11 Å². The lowest BCUT2D eigenvalue weighted by Gasteiger charge is -1.91. The summed E-state index contributed by atoms with van der Waals surface area (Å²) >= 11 is 0. The standard InChI is InChI=1S/C9H6N4O/c10-13-12-8-6-14-9(11-8)7-4-2-1-3-5-7/h1-6H. The van der Waals surface area contributed by atoms with Crippen molar-refractivity contribution in [3.8, 4) is 11.5 Å². The Balaban J connectivity index is 2.39. The fourth-order valence-electron chi connectivity index (χ4n) is 1.07. The van der Waals surface area contributed by atoms with Crippen LogP contribution in [0.2, 0.25) is 0 Å². The van der Waals surface area contributed by atoms with Gasteiger partial charge < -0.3 is 4.42 Å². The zero-order valence-corrected chi connectivity index (χ0v) is 7.16. The molecule has 0 spiro atoms. The Labute approximate surface area is 79.6 Å². The maximum absolute atomic E-state index is 8.18. The minimum Gasteiger partial charge on any atom is -0.444 e. The summed E-state index contributed by atoms with van der Waals surface area (Å²) in [5, 5.41) is 3.33. The lowest BCUT2D eigenvalue weighted by molar-refractivity contribution is 0.575. The molecule has 2 rings (SSSR count). The molecule has 0 N–H and O–H groups in total. The van der Waals surface area contributed by atoms with Gasteiger partial charge in [-0.3, -0.25) is 0 Å². The quantitative estimate of drug-likeness (QED) is 0.410. The molecule has 2 aromatic rings. The van der Waals surface area contributed by atoms with E-state index in [4.69, 9.17) is 9.95 Å². The molecule has 0 saturated carbocycles. The topological polar surface area (TPSA) is 74.8 Å².